The van der Waals surface area contributed by atoms with Crippen molar-refractivity contribution in [2.75, 3.05) is 6.54 Å². The van der Waals surface area contributed by atoms with Crippen molar-refractivity contribution in [1.82, 2.24) is 19.8 Å². The first-order chi connectivity index (χ1) is 12.6. The summed E-state index contributed by atoms with van der Waals surface area (Å²) in [6.07, 6.45) is 1.97. The molecule has 0 saturated carbocycles. The minimum atomic E-state index is -0.300. The number of aromatic amines is 1. The fourth-order valence-electron chi connectivity index (χ4n) is 3.84. The van der Waals surface area contributed by atoms with E-state index in [9.17, 15) is 14.4 Å². The molecule has 0 spiro atoms. The predicted octanol–water partition coefficient (Wildman–Crippen LogP) is 1.41. The Morgan fingerprint density at radius 3 is 2.92 bits per heavy atom. The molecule has 136 valence electrons. The number of aryl methyl sites for hydroxylation is 1. The highest BCUT2D eigenvalue weighted by molar-refractivity contribution is 7.09. The van der Waals surface area contributed by atoms with E-state index in [-0.39, 0.29) is 35.2 Å². The number of likely N-dealkylation sites (tertiary alicyclic amines) is 2. The van der Waals surface area contributed by atoms with E-state index in [1.54, 1.807) is 28.4 Å². The summed E-state index contributed by atoms with van der Waals surface area (Å²) in [4.78, 5) is 47.5. The molecule has 2 saturated heterocycles. The van der Waals surface area contributed by atoms with Gasteiger partial charge in [0.2, 0.25) is 11.5 Å². The molecule has 4 heterocycles. The molecule has 2 fully saturated rings. The molecule has 7 nitrogen and oxygen atoms in total. The number of fused-ring (bicyclic) bond motifs is 1. The molecule has 2 aromatic rings. The van der Waals surface area contributed by atoms with Gasteiger partial charge in [0.1, 0.15) is 10.7 Å². The second-order valence-electron chi connectivity index (χ2n) is 6.66. The molecule has 8 heteroatoms. The van der Waals surface area contributed by atoms with Gasteiger partial charge in [-0.1, -0.05) is 13.0 Å². The lowest BCUT2D eigenvalue weighted by molar-refractivity contribution is -0.129. The van der Waals surface area contributed by atoms with E-state index in [1.165, 1.54) is 6.07 Å². The Morgan fingerprint density at radius 2 is 2.19 bits per heavy atom. The van der Waals surface area contributed by atoms with Crippen LogP contribution in [0.1, 0.15) is 41.0 Å². The molecule has 0 unspecified atom stereocenters. The molecule has 2 atom stereocenters. The molecule has 0 bridgehead atoms. The summed E-state index contributed by atoms with van der Waals surface area (Å²) < 4.78 is 0. The predicted molar refractivity (Wildman–Crippen MR) is 97.0 cm³/mol. The molecule has 0 aliphatic carbocycles. The van der Waals surface area contributed by atoms with Crippen molar-refractivity contribution in [3.8, 4) is 0 Å². The number of carbonyl (C=O) groups excluding carboxylic acids is 2. The van der Waals surface area contributed by atoms with Crippen LogP contribution in [0, 0.1) is 0 Å². The van der Waals surface area contributed by atoms with Crippen LogP contribution in [-0.2, 0) is 17.8 Å². The maximum absolute atomic E-state index is 12.8. The molecule has 1 N–H and O–H groups in total. The normalized spacial score (nSPS) is 22.1. The van der Waals surface area contributed by atoms with Crippen molar-refractivity contribution >= 4 is 23.2 Å². The number of nitrogens with zero attached hydrogens (tertiary/aromatic N) is 3. The van der Waals surface area contributed by atoms with E-state index in [0.29, 0.717) is 19.5 Å². The topological polar surface area (TPSA) is 86.4 Å². The van der Waals surface area contributed by atoms with Crippen LogP contribution >= 0.6 is 11.3 Å². The van der Waals surface area contributed by atoms with Crippen molar-refractivity contribution in [3.05, 3.63) is 50.3 Å². The van der Waals surface area contributed by atoms with Crippen LogP contribution in [0.25, 0.3) is 0 Å². The number of thiazole rings is 1. The third-order valence-electron chi connectivity index (χ3n) is 5.14. The van der Waals surface area contributed by atoms with Gasteiger partial charge in [-0.25, -0.2) is 4.98 Å². The van der Waals surface area contributed by atoms with E-state index in [1.807, 2.05) is 10.3 Å². The first kappa shape index (κ1) is 17.0. The number of amides is 2. The molecule has 2 aromatic heterocycles. The molecule has 4 rings (SSSR count). The zero-order chi connectivity index (χ0) is 18.3. The van der Waals surface area contributed by atoms with Gasteiger partial charge in [0, 0.05) is 24.4 Å². The maximum atomic E-state index is 12.8. The highest BCUT2D eigenvalue weighted by Crippen LogP contribution is 2.34. The first-order valence-corrected chi connectivity index (χ1v) is 9.68. The second kappa shape index (κ2) is 6.68. The van der Waals surface area contributed by atoms with E-state index in [2.05, 4.69) is 16.9 Å². The number of pyridine rings is 1. The molecular formula is C18H20N4O3S. The second-order valence-corrected chi connectivity index (χ2v) is 7.61. The average molecular weight is 372 g/mol. The summed E-state index contributed by atoms with van der Waals surface area (Å²) in [6, 6.07) is 4.44. The van der Waals surface area contributed by atoms with Gasteiger partial charge in [0.25, 0.3) is 5.91 Å². The van der Waals surface area contributed by atoms with E-state index in [4.69, 9.17) is 0 Å². The van der Waals surface area contributed by atoms with Crippen LogP contribution in [-0.4, -0.2) is 50.2 Å². The summed E-state index contributed by atoms with van der Waals surface area (Å²) in [6.45, 7) is 3.16. The Morgan fingerprint density at radius 1 is 1.35 bits per heavy atom. The summed E-state index contributed by atoms with van der Waals surface area (Å²) in [7, 11) is 0. The Kier molecular flexibility index (Phi) is 4.36. The SMILES string of the molecule is CCc1csc(CN2C(=O)C[C@H]3[C@@H]2CCN3C(=O)c2cccc(=O)[nH]2)n1. The van der Waals surface area contributed by atoms with Gasteiger partial charge in [-0.3, -0.25) is 14.4 Å². The van der Waals surface area contributed by atoms with Crippen molar-refractivity contribution in [1.29, 1.82) is 0 Å². The van der Waals surface area contributed by atoms with E-state index in [0.717, 1.165) is 23.5 Å². The molecule has 2 aliphatic rings. The van der Waals surface area contributed by atoms with Gasteiger partial charge in [0.05, 0.1) is 24.3 Å². The monoisotopic (exact) mass is 372 g/mol. The zero-order valence-corrected chi connectivity index (χ0v) is 15.3. The van der Waals surface area contributed by atoms with Crippen molar-refractivity contribution in [2.45, 2.75) is 44.8 Å². The van der Waals surface area contributed by atoms with Gasteiger partial charge in [-0.05, 0) is 18.9 Å². The summed E-state index contributed by atoms with van der Waals surface area (Å²) in [5.41, 5.74) is 1.02. The zero-order valence-electron chi connectivity index (χ0n) is 14.5. The van der Waals surface area contributed by atoms with Crippen molar-refractivity contribution in [2.24, 2.45) is 0 Å². The van der Waals surface area contributed by atoms with Crippen LogP contribution in [0.3, 0.4) is 0 Å². The van der Waals surface area contributed by atoms with Crippen LogP contribution in [0.5, 0.6) is 0 Å². The highest BCUT2D eigenvalue weighted by atomic mass is 32.1. The van der Waals surface area contributed by atoms with Crippen LogP contribution in [0.2, 0.25) is 0 Å². The lowest BCUT2D eigenvalue weighted by atomic mass is 10.1. The number of aromatic nitrogens is 2. The number of carbonyl (C=O) groups is 2. The smallest absolute Gasteiger partial charge is 0.270 e. The lowest BCUT2D eigenvalue weighted by Gasteiger charge is -2.24. The Labute approximate surface area is 154 Å². The standard InChI is InChI=1S/C18H20N4O3S/c1-2-11-10-26-16(19-11)9-22-13-6-7-21(14(13)8-17(22)24)18(25)12-4-3-5-15(23)20-12/h3-5,10,13-14H,2,6-9H2,1H3,(H,20,23)/t13-,14-/m0/s1. The molecular weight excluding hydrogens is 352 g/mol. The van der Waals surface area contributed by atoms with Gasteiger partial charge < -0.3 is 14.8 Å². The Hall–Kier alpha value is -2.48. The van der Waals surface area contributed by atoms with Crippen molar-refractivity contribution in [3.63, 3.8) is 0 Å². The molecule has 2 aliphatic heterocycles. The number of nitrogens with one attached hydrogen (secondary N) is 1. The maximum Gasteiger partial charge on any atom is 0.270 e. The Balaban J connectivity index is 1.51. The number of hydrogen-bond acceptors (Lipinski definition) is 5. The van der Waals surface area contributed by atoms with E-state index >= 15 is 0 Å². The number of H-pyrrole nitrogens is 1. The summed E-state index contributed by atoms with van der Waals surface area (Å²) in [5.74, 6) is -0.153. The Bertz CT molecular complexity index is 906. The summed E-state index contributed by atoms with van der Waals surface area (Å²) in [5, 5.41) is 2.97. The van der Waals surface area contributed by atoms with Crippen molar-refractivity contribution < 1.29 is 9.59 Å². The minimum Gasteiger partial charge on any atom is -0.332 e. The van der Waals surface area contributed by atoms with Gasteiger partial charge in [-0.15, -0.1) is 11.3 Å². The quantitative estimate of drug-likeness (QED) is 0.879. The minimum absolute atomic E-state index is 0.0239. The fourth-order valence-corrected chi connectivity index (χ4v) is 4.72. The van der Waals surface area contributed by atoms with Gasteiger partial charge in [-0.2, -0.15) is 0 Å². The average Bonchev–Trinajstić information content (AvgIpc) is 3.32. The highest BCUT2D eigenvalue weighted by Gasteiger charge is 2.48. The molecule has 2 amide bonds. The largest absolute Gasteiger partial charge is 0.332 e. The van der Waals surface area contributed by atoms with Crippen LogP contribution < -0.4 is 5.56 Å². The number of hydrogen-bond donors (Lipinski definition) is 1. The molecule has 0 aromatic carbocycles. The fraction of sp³-hybridized carbons (Fsp3) is 0.444. The van der Waals surface area contributed by atoms with Gasteiger partial charge >= 0.3 is 0 Å². The van der Waals surface area contributed by atoms with Crippen LogP contribution in [0.15, 0.2) is 28.4 Å². The summed E-state index contributed by atoms with van der Waals surface area (Å²) >= 11 is 1.58. The molecule has 0 radical (unpaired) electrons. The van der Waals surface area contributed by atoms with Crippen LogP contribution in [0.4, 0.5) is 0 Å². The number of rotatable bonds is 4. The van der Waals surface area contributed by atoms with Gasteiger partial charge in [0.15, 0.2) is 0 Å². The third kappa shape index (κ3) is 2.94. The lowest BCUT2D eigenvalue weighted by Crippen LogP contribution is -2.40. The first-order valence-electron chi connectivity index (χ1n) is 8.80. The third-order valence-corrected chi connectivity index (χ3v) is 6.02. The van der Waals surface area contributed by atoms with E-state index < -0.39 is 0 Å². The molecule has 26 heavy (non-hydrogen) atoms.